The summed E-state index contributed by atoms with van der Waals surface area (Å²) < 4.78 is 64.6. The maximum Gasteiger partial charge on any atom is 0.513 e. The van der Waals surface area contributed by atoms with Gasteiger partial charge in [-0.05, 0) is 61.4 Å². The molecule has 4 aromatic rings. The van der Waals surface area contributed by atoms with Crippen LogP contribution in [0.2, 0.25) is 0 Å². The fourth-order valence-electron chi connectivity index (χ4n) is 5.13. The fraction of sp³-hybridized carbons (Fsp3) is 0.231. The number of amides is 2. The zero-order chi connectivity index (χ0) is 40.3. The van der Waals surface area contributed by atoms with Gasteiger partial charge in [0, 0.05) is 25.2 Å². The molecule has 4 rings (SSSR count). The van der Waals surface area contributed by atoms with Crippen LogP contribution in [-0.4, -0.2) is 74.9 Å². The minimum atomic E-state index is -4.55. The van der Waals surface area contributed by atoms with Gasteiger partial charge < -0.3 is 33.9 Å². The van der Waals surface area contributed by atoms with E-state index in [0.717, 1.165) is 18.2 Å². The molecule has 0 aliphatic heterocycles. The van der Waals surface area contributed by atoms with Gasteiger partial charge in [0.05, 0.1) is 35.6 Å². The van der Waals surface area contributed by atoms with Crippen LogP contribution in [-0.2, 0) is 45.1 Å². The molecule has 288 valence electrons. The van der Waals surface area contributed by atoms with Gasteiger partial charge in [0.1, 0.15) is 0 Å². The summed E-state index contributed by atoms with van der Waals surface area (Å²) in [7, 11) is 2.86. The Balaban J connectivity index is 1.52. The number of rotatable bonds is 13. The third-order valence-electron chi connectivity index (χ3n) is 7.74. The molecular formula is C39H35F3N2O11. The highest BCUT2D eigenvalue weighted by Gasteiger charge is 2.55. The van der Waals surface area contributed by atoms with E-state index in [0.29, 0.717) is 11.1 Å². The average molecular weight is 765 g/mol. The van der Waals surface area contributed by atoms with E-state index >= 15 is 0 Å². The molecular weight excluding hydrogens is 729 g/mol. The molecule has 0 aliphatic rings. The van der Waals surface area contributed by atoms with Gasteiger partial charge in [-0.15, -0.1) is 0 Å². The van der Waals surface area contributed by atoms with Gasteiger partial charge in [0.15, 0.2) is 0 Å². The molecule has 0 saturated carbocycles. The van der Waals surface area contributed by atoms with Crippen molar-refractivity contribution in [3.63, 3.8) is 0 Å². The Hall–Kier alpha value is -6.71. The summed E-state index contributed by atoms with van der Waals surface area (Å²) in [4.78, 5) is 79.9. The second kappa shape index (κ2) is 17.9. The predicted octanol–water partition coefficient (Wildman–Crippen LogP) is 6.62. The first-order chi connectivity index (χ1) is 26.1. The highest BCUT2D eigenvalue weighted by atomic mass is 19.4. The second-order valence-corrected chi connectivity index (χ2v) is 11.6. The molecule has 16 heteroatoms. The monoisotopic (exact) mass is 764 g/mol. The summed E-state index contributed by atoms with van der Waals surface area (Å²) in [5.41, 5.74) is -3.30. The quantitative estimate of drug-likeness (QED) is 0.0674. The van der Waals surface area contributed by atoms with E-state index in [1.807, 2.05) is 0 Å². The van der Waals surface area contributed by atoms with Crippen molar-refractivity contribution in [2.75, 3.05) is 39.4 Å². The van der Waals surface area contributed by atoms with Crippen LogP contribution >= 0.6 is 0 Å². The van der Waals surface area contributed by atoms with Crippen LogP contribution in [0.1, 0.15) is 56.0 Å². The number of nitrogens with one attached hydrogen (secondary N) is 1. The lowest BCUT2D eigenvalue weighted by Gasteiger charge is -2.28. The van der Waals surface area contributed by atoms with E-state index in [1.165, 1.54) is 87.4 Å². The maximum atomic E-state index is 13.5. The lowest BCUT2D eigenvalue weighted by Crippen LogP contribution is -2.50. The molecule has 0 heterocycles. The molecule has 0 aliphatic carbocycles. The van der Waals surface area contributed by atoms with Crippen LogP contribution in [0.3, 0.4) is 0 Å². The third-order valence-corrected chi connectivity index (χ3v) is 7.74. The number of hydrogen-bond donors (Lipinski definition) is 1. The molecule has 0 fully saturated rings. The van der Waals surface area contributed by atoms with Gasteiger partial charge in [0.2, 0.25) is 6.79 Å². The molecule has 0 spiro atoms. The van der Waals surface area contributed by atoms with Crippen molar-refractivity contribution in [1.29, 1.82) is 0 Å². The molecule has 4 aromatic carbocycles. The van der Waals surface area contributed by atoms with Gasteiger partial charge in [-0.2, -0.15) is 13.2 Å². The minimum Gasteiger partial charge on any atom is -0.462 e. The zero-order valence-electron chi connectivity index (χ0n) is 29.9. The number of carbonyl (C=O) groups is 6. The highest BCUT2D eigenvalue weighted by Crippen LogP contribution is 2.33. The number of nitrogens with zero attached hydrogens (tertiary/aromatic N) is 1. The van der Waals surface area contributed by atoms with E-state index in [1.54, 1.807) is 24.3 Å². The van der Waals surface area contributed by atoms with Crippen molar-refractivity contribution in [2.24, 2.45) is 0 Å². The van der Waals surface area contributed by atoms with Crippen LogP contribution < -0.4 is 5.32 Å². The van der Waals surface area contributed by atoms with E-state index in [2.05, 4.69) is 5.32 Å². The molecule has 0 saturated heterocycles. The summed E-state index contributed by atoms with van der Waals surface area (Å²) in [6.07, 6.45) is -6.15. The third kappa shape index (κ3) is 9.64. The summed E-state index contributed by atoms with van der Waals surface area (Å²) >= 11 is 0. The number of hydrogen-bond acceptors (Lipinski definition) is 11. The van der Waals surface area contributed by atoms with E-state index in [9.17, 15) is 41.9 Å². The Morgan fingerprint density at radius 1 is 0.673 bits per heavy atom. The molecule has 0 aromatic heterocycles. The molecule has 0 atom stereocenters. The Morgan fingerprint density at radius 2 is 1.27 bits per heavy atom. The second-order valence-electron chi connectivity index (χ2n) is 11.6. The van der Waals surface area contributed by atoms with Crippen molar-refractivity contribution >= 4 is 41.6 Å². The summed E-state index contributed by atoms with van der Waals surface area (Å²) in [6.45, 7) is 1.52. The molecule has 1 N–H and O–H groups in total. The van der Waals surface area contributed by atoms with Crippen molar-refractivity contribution in [3.05, 3.63) is 125 Å². The highest BCUT2D eigenvalue weighted by molar-refractivity contribution is 6.12. The lowest BCUT2D eigenvalue weighted by atomic mass is 9.93. The number of ether oxygens (including phenoxy) is 5. The number of carbonyl (C=O) groups excluding carboxylic acids is 6. The van der Waals surface area contributed by atoms with Gasteiger partial charge in [-0.3, -0.25) is 9.59 Å². The normalized spacial score (nSPS) is 11.1. The number of anilines is 1. The molecule has 0 bridgehead atoms. The molecule has 13 nitrogen and oxygen atoms in total. The largest absolute Gasteiger partial charge is 0.513 e. The number of halogens is 3. The Kier molecular flexibility index (Phi) is 13.3. The summed E-state index contributed by atoms with van der Waals surface area (Å²) in [6, 6.07) is 21.2. The first-order valence-corrected chi connectivity index (χ1v) is 16.5. The zero-order valence-corrected chi connectivity index (χ0v) is 29.9. The Morgan fingerprint density at radius 3 is 1.85 bits per heavy atom. The molecule has 2 amide bonds. The maximum absolute atomic E-state index is 13.5. The van der Waals surface area contributed by atoms with Crippen LogP contribution in [0.5, 0.6) is 0 Å². The molecule has 0 radical (unpaired) electrons. The van der Waals surface area contributed by atoms with Gasteiger partial charge in [0.25, 0.3) is 11.8 Å². The van der Waals surface area contributed by atoms with E-state index in [4.69, 9.17) is 23.7 Å². The van der Waals surface area contributed by atoms with Crippen molar-refractivity contribution in [3.8, 4) is 11.1 Å². The molecule has 0 unspecified atom stereocenters. The smallest absolute Gasteiger partial charge is 0.462 e. The fourth-order valence-corrected chi connectivity index (χ4v) is 5.13. The van der Waals surface area contributed by atoms with E-state index < -0.39 is 60.0 Å². The van der Waals surface area contributed by atoms with Crippen LogP contribution in [0.25, 0.3) is 11.1 Å². The van der Waals surface area contributed by atoms with Crippen molar-refractivity contribution in [1.82, 2.24) is 4.90 Å². The Labute approximate surface area is 312 Å². The van der Waals surface area contributed by atoms with Crippen LogP contribution in [0.15, 0.2) is 97.1 Å². The van der Waals surface area contributed by atoms with Gasteiger partial charge >= 0.3 is 35.8 Å². The SMILES string of the molecule is CCOC(=O)C(OC(=O)OCOC(=O)c1ccc(NC(=O)c2ccccc2-c2ccc(C(F)(F)F)cc2)c(C(=O)N(C)C)c1)(C(=O)OCC)c1ccccc1. The first-order valence-electron chi connectivity index (χ1n) is 16.5. The Bertz CT molecular complexity index is 2030. The number of alkyl halides is 3. The standard InChI is InChI=1S/C39H35F3N2O11/c1-5-51-35(48)38(36(49)52-6-2,26-12-8-7-9-13-26)55-37(50)54-23-53-34(47)25-18-21-31(30(22-25)33(46)44(3)4)43-32(45)29-15-11-10-14-28(29)24-16-19-27(20-17-24)39(40,41)42/h7-22H,5-6,23H2,1-4H3,(H,43,45). The van der Waals surface area contributed by atoms with Crippen LogP contribution in [0, 0.1) is 0 Å². The minimum absolute atomic E-state index is 0.0162. The number of benzene rings is 4. The predicted molar refractivity (Wildman–Crippen MR) is 189 cm³/mol. The van der Waals surface area contributed by atoms with Crippen molar-refractivity contribution in [2.45, 2.75) is 25.6 Å². The van der Waals surface area contributed by atoms with Gasteiger partial charge in [-0.1, -0.05) is 60.7 Å². The summed E-state index contributed by atoms with van der Waals surface area (Å²) in [5, 5.41) is 2.62. The lowest BCUT2D eigenvalue weighted by molar-refractivity contribution is -0.189. The van der Waals surface area contributed by atoms with Crippen LogP contribution in [0.4, 0.5) is 23.7 Å². The molecule has 55 heavy (non-hydrogen) atoms. The topological polar surface area (TPSA) is 164 Å². The van der Waals surface area contributed by atoms with Gasteiger partial charge in [-0.25, -0.2) is 19.2 Å². The number of esters is 3. The average Bonchev–Trinajstić information content (AvgIpc) is 3.16. The first kappa shape index (κ1) is 41.1. The van der Waals surface area contributed by atoms with Crippen molar-refractivity contribution < 1.29 is 65.6 Å². The summed E-state index contributed by atoms with van der Waals surface area (Å²) in [5.74, 6) is -4.95. The van der Waals surface area contributed by atoms with E-state index in [-0.39, 0.29) is 41.2 Å².